The van der Waals surface area contributed by atoms with Gasteiger partial charge in [-0.15, -0.1) is 0 Å². The van der Waals surface area contributed by atoms with Gasteiger partial charge in [-0.3, -0.25) is 4.90 Å². The number of hydrogen-bond acceptors (Lipinski definition) is 2. The van der Waals surface area contributed by atoms with E-state index in [9.17, 15) is 5.11 Å². The standard InChI is InChI=1S/C14H25NO/c16-13-6-4-12(5-7-13)15-10-14(11-15)8-2-1-3-9-14/h12-13,16H,1-11H2. The van der Waals surface area contributed by atoms with Crippen molar-refractivity contribution in [3.8, 4) is 0 Å². The van der Waals surface area contributed by atoms with E-state index in [1.165, 1.54) is 58.0 Å². The molecule has 0 bridgehead atoms. The SMILES string of the molecule is OC1CCC(N2CC3(CCCCC3)C2)CC1. The van der Waals surface area contributed by atoms with E-state index in [1.807, 2.05) is 0 Å². The van der Waals surface area contributed by atoms with Crippen LogP contribution in [0.3, 0.4) is 0 Å². The van der Waals surface area contributed by atoms with Crippen LogP contribution in [0.4, 0.5) is 0 Å². The summed E-state index contributed by atoms with van der Waals surface area (Å²) in [6, 6.07) is 0.802. The summed E-state index contributed by atoms with van der Waals surface area (Å²) in [5.41, 5.74) is 0.730. The maximum absolute atomic E-state index is 9.52. The van der Waals surface area contributed by atoms with Gasteiger partial charge in [-0.1, -0.05) is 19.3 Å². The van der Waals surface area contributed by atoms with E-state index in [1.54, 1.807) is 0 Å². The lowest BCUT2D eigenvalue weighted by molar-refractivity contribution is -0.0701. The molecular formula is C14H25NO. The molecule has 3 rings (SSSR count). The third-order valence-electron chi connectivity index (χ3n) is 5.17. The average Bonchev–Trinajstić information content (AvgIpc) is 2.28. The normalized spacial score (nSPS) is 39.6. The van der Waals surface area contributed by atoms with E-state index < -0.39 is 0 Å². The Morgan fingerprint density at radius 2 is 1.50 bits per heavy atom. The van der Waals surface area contributed by atoms with Crippen molar-refractivity contribution in [1.82, 2.24) is 4.90 Å². The monoisotopic (exact) mass is 223 g/mol. The van der Waals surface area contributed by atoms with Gasteiger partial charge in [0.05, 0.1) is 6.10 Å². The Hall–Kier alpha value is -0.0800. The third-order valence-corrected chi connectivity index (χ3v) is 5.17. The van der Waals surface area contributed by atoms with Crippen molar-refractivity contribution in [2.24, 2.45) is 5.41 Å². The first-order chi connectivity index (χ1) is 7.77. The van der Waals surface area contributed by atoms with Gasteiger partial charge >= 0.3 is 0 Å². The summed E-state index contributed by atoms with van der Waals surface area (Å²) in [7, 11) is 0. The molecule has 1 aliphatic heterocycles. The molecule has 0 unspecified atom stereocenters. The molecule has 1 spiro atoms. The van der Waals surface area contributed by atoms with Gasteiger partial charge in [-0.05, 0) is 43.9 Å². The van der Waals surface area contributed by atoms with Gasteiger partial charge in [0.15, 0.2) is 0 Å². The van der Waals surface area contributed by atoms with Crippen molar-refractivity contribution in [2.75, 3.05) is 13.1 Å². The van der Waals surface area contributed by atoms with E-state index in [4.69, 9.17) is 0 Å². The highest BCUT2D eigenvalue weighted by Gasteiger charge is 2.45. The second-order valence-electron chi connectivity index (χ2n) is 6.43. The zero-order valence-corrected chi connectivity index (χ0v) is 10.3. The van der Waals surface area contributed by atoms with Crippen LogP contribution in [0, 0.1) is 5.41 Å². The molecule has 1 saturated heterocycles. The van der Waals surface area contributed by atoms with Gasteiger partial charge in [0.1, 0.15) is 0 Å². The van der Waals surface area contributed by atoms with Gasteiger partial charge in [0, 0.05) is 19.1 Å². The predicted octanol–water partition coefficient (Wildman–Crippen LogP) is 2.56. The molecule has 0 radical (unpaired) electrons. The minimum atomic E-state index is 0.00108. The molecule has 0 atom stereocenters. The molecule has 0 aromatic rings. The summed E-state index contributed by atoms with van der Waals surface area (Å²) in [6.07, 6.45) is 11.9. The Morgan fingerprint density at radius 3 is 2.12 bits per heavy atom. The Labute approximate surface area is 99.0 Å². The number of rotatable bonds is 1. The summed E-state index contributed by atoms with van der Waals surface area (Å²) in [5, 5.41) is 9.52. The van der Waals surface area contributed by atoms with Crippen molar-refractivity contribution >= 4 is 0 Å². The van der Waals surface area contributed by atoms with E-state index in [-0.39, 0.29) is 6.10 Å². The summed E-state index contributed by atoms with van der Waals surface area (Å²) in [4.78, 5) is 2.71. The second-order valence-corrected chi connectivity index (χ2v) is 6.43. The topological polar surface area (TPSA) is 23.5 Å². The fourth-order valence-corrected chi connectivity index (χ4v) is 4.11. The minimum Gasteiger partial charge on any atom is -0.393 e. The zero-order valence-electron chi connectivity index (χ0n) is 10.3. The summed E-state index contributed by atoms with van der Waals surface area (Å²) >= 11 is 0. The van der Waals surface area contributed by atoms with Crippen molar-refractivity contribution in [2.45, 2.75) is 69.9 Å². The first-order valence-electron chi connectivity index (χ1n) is 7.20. The molecule has 0 aromatic heterocycles. The van der Waals surface area contributed by atoms with Crippen LogP contribution < -0.4 is 0 Å². The molecule has 16 heavy (non-hydrogen) atoms. The highest BCUT2D eigenvalue weighted by molar-refractivity contribution is 4.99. The van der Waals surface area contributed by atoms with Crippen LogP contribution in [0.5, 0.6) is 0 Å². The van der Waals surface area contributed by atoms with E-state index in [2.05, 4.69) is 4.90 Å². The van der Waals surface area contributed by atoms with Gasteiger partial charge < -0.3 is 5.11 Å². The van der Waals surface area contributed by atoms with Crippen molar-refractivity contribution < 1.29 is 5.11 Å². The fourth-order valence-electron chi connectivity index (χ4n) is 4.11. The van der Waals surface area contributed by atoms with Crippen LogP contribution in [0.2, 0.25) is 0 Å². The van der Waals surface area contributed by atoms with Crippen LogP contribution in [-0.4, -0.2) is 35.2 Å². The molecule has 3 aliphatic rings. The molecule has 2 saturated carbocycles. The minimum absolute atomic E-state index is 0.00108. The lowest BCUT2D eigenvalue weighted by Gasteiger charge is -2.56. The van der Waals surface area contributed by atoms with Crippen LogP contribution >= 0.6 is 0 Å². The highest BCUT2D eigenvalue weighted by atomic mass is 16.3. The molecular weight excluding hydrogens is 198 g/mol. The summed E-state index contributed by atoms with van der Waals surface area (Å²) in [6.45, 7) is 2.74. The van der Waals surface area contributed by atoms with Crippen LogP contribution in [-0.2, 0) is 0 Å². The molecule has 1 N–H and O–H groups in total. The van der Waals surface area contributed by atoms with E-state index in [0.29, 0.717) is 0 Å². The maximum atomic E-state index is 9.52. The first-order valence-corrected chi connectivity index (χ1v) is 7.20. The van der Waals surface area contributed by atoms with Gasteiger partial charge in [-0.25, -0.2) is 0 Å². The fraction of sp³-hybridized carbons (Fsp3) is 1.00. The number of nitrogens with zero attached hydrogens (tertiary/aromatic N) is 1. The predicted molar refractivity (Wildman–Crippen MR) is 65.4 cm³/mol. The lowest BCUT2D eigenvalue weighted by atomic mass is 9.67. The van der Waals surface area contributed by atoms with E-state index >= 15 is 0 Å². The Kier molecular flexibility index (Phi) is 2.97. The van der Waals surface area contributed by atoms with Gasteiger partial charge in [0.25, 0.3) is 0 Å². The second kappa shape index (κ2) is 4.30. The largest absolute Gasteiger partial charge is 0.393 e. The highest BCUT2D eigenvalue weighted by Crippen LogP contribution is 2.45. The molecule has 0 amide bonds. The van der Waals surface area contributed by atoms with Crippen molar-refractivity contribution in [3.05, 3.63) is 0 Å². The molecule has 92 valence electrons. The first kappa shape index (κ1) is 11.0. The zero-order chi connectivity index (χ0) is 11.0. The molecule has 3 fully saturated rings. The number of aliphatic hydroxyl groups excluding tert-OH is 1. The van der Waals surface area contributed by atoms with Crippen LogP contribution in [0.15, 0.2) is 0 Å². The van der Waals surface area contributed by atoms with Crippen molar-refractivity contribution in [3.63, 3.8) is 0 Å². The molecule has 2 nitrogen and oxygen atoms in total. The molecule has 2 aliphatic carbocycles. The quantitative estimate of drug-likeness (QED) is 0.738. The Balaban J connectivity index is 1.49. The summed E-state index contributed by atoms with van der Waals surface area (Å²) in [5.74, 6) is 0. The number of aliphatic hydroxyl groups is 1. The van der Waals surface area contributed by atoms with Crippen LogP contribution in [0.1, 0.15) is 57.8 Å². The Bertz CT molecular complexity index is 231. The molecule has 1 heterocycles. The van der Waals surface area contributed by atoms with E-state index in [0.717, 1.165) is 24.3 Å². The van der Waals surface area contributed by atoms with Gasteiger partial charge in [-0.2, -0.15) is 0 Å². The number of likely N-dealkylation sites (tertiary alicyclic amines) is 1. The third kappa shape index (κ3) is 2.02. The number of hydrogen-bond donors (Lipinski definition) is 1. The molecule has 0 aromatic carbocycles. The smallest absolute Gasteiger partial charge is 0.0541 e. The Morgan fingerprint density at radius 1 is 0.875 bits per heavy atom. The van der Waals surface area contributed by atoms with Gasteiger partial charge in [0.2, 0.25) is 0 Å². The lowest BCUT2D eigenvalue weighted by Crippen LogP contribution is -2.60. The average molecular weight is 223 g/mol. The maximum Gasteiger partial charge on any atom is 0.0541 e. The van der Waals surface area contributed by atoms with Crippen LogP contribution in [0.25, 0.3) is 0 Å². The summed E-state index contributed by atoms with van der Waals surface area (Å²) < 4.78 is 0. The molecule has 2 heteroatoms. The van der Waals surface area contributed by atoms with Crippen molar-refractivity contribution in [1.29, 1.82) is 0 Å².